The summed E-state index contributed by atoms with van der Waals surface area (Å²) in [6, 6.07) is 5.54. The van der Waals surface area contributed by atoms with Crippen LogP contribution in [0.1, 0.15) is 42.5 Å². The van der Waals surface area contributed by atoms with Crippen LogP contribution in [-0.2, 0) is 4.79 Å². The van der Waals surface area contributed by atoms with Gasteiger partial charge in [0.1, 0.15) is 5.75 Å². The highest BCUT2D eigenvalue weighted by atomic mass is 16.5. The van der Waals surface area contributed by atoms with Gasteiger partial charge >= 0.3 is 6.03 Å². The minimum Gasteiger partial charge on any atom is -0.484 e. The third-order valence-electron chi connectivity index (χ3n) is 3.88. The Labute approximate surface area is 146 Å². The van der Waals surface area contributed by atoms with Crippen molar-refractivity contribution < 1.29 is 19.1 Å². The third kappa shape index (κ3) is 6.66. The largest absolute Gasteiger partial charge is 0.484 e. The van der Waals surface area contributed by atoms with Gasteiger partial charge in [0.25, 0.3) is 5.91 Å². The lowest BCUT2D eigenvalue weighted by atomic mass is 9.97. The number of primary amides is 1. The highest BCUT2D eigenvalue weighted by Gasteiger charge is 2.09. The Balaban J connectivity index is 1.64. The first kappa shape index (κ1) is 18.5. The molecule has 1 aliphatic carbocycles. The number of hydrogen-bond donors (Lipinski definition) is 3. The number of carbonyl (C=O) groups is 3. The SMILES string of the molecule is NC(=O)c1ccc(OCC(=O)NC(=O)NCCC2=CCCCC2)cc1. The van der Waals surface area contributed by atoms with Crippen LogP contribution >= 0.6 is 0 Å². The molecule has 0 fully saturated rings. The molecule has 1 aromatic carbocycles. The van der Waals surface area contributed by atoms with Gasteiger partial charge < -0.3 is 15.8 Å². The number of allylic oxidation sites excluding steroid dienone is 1. The number of hydrogen-bond acceptors (Lipinski definition) is 4. The Morgan fingerprint density at radius 1 is 1.12 bits per heavy atom. The van der Waals surface area contributed by atoms with Crippen molar-refractivity contribution in [3.05, 3.63) is 41.5 Å². The van der Waals surface area contributed by atoms with Crippen molar-refractivity contribution in [1.82, 2.24) is 10.6 Å². The van der Waals surface area contributed by atoms with E-state index in [1.54, 1.807) is 0 Å². The molecule has 4 N–H and O–H groups in total. The maximum atomic E-state index is 11.7. The second-order valence-electron chi connectivity index (χ2n) is 5.84. The number of amides is 4. The number of imide groups is 1. The van der Waals surface area contributed by atoms with Crippen LogP contribution in [0.4, 0.5) is 4.79 Å². The van der Waals surface area contributed by atoms with Gasteiger partial charge in [-0.2, -0.15) is 0 Å². The standard InChI is InChI=1S/C18H23N3O4/c19-17(23)14-6-8-15(9-7-14)25-12-16(22)21-18(24)20-11-10-13-4-2-1-3-5-13/h4,6-9H,1-3,5,10-12H2,(H2,19,23)(H2,20,21,22,24). The summed E-state index contributed by atoms with van der Waals surface area (Å²) in [5, 5.41) is 4.87. The molecular weight excluding hydrogens is 322 g/mol. The maximum absolute atomic E-state index is 11.7. The average molecular weight is 345 g/mol. The number of urea groups is 1. The molecule has 0 unspecified atom stereocenters. The minimum atomic E-state index is -0.548. The number of carbonyl (C=O) groups excluding carboxylic acids is 3. The molecule has 7 nitrogen and oxygen atoms in total. The Hall–Kier alpha value is -2.83. The number of ether oxygens (including phenoxy) is 1. The van der Waals surface area contributed by atoms with Gasteiger partial charge in [-0.25, -0.2) is 4.79 Å². The van der Waals surface area contributed by atoms with Gasteiger partial charge in [-0.1, -0.05) is 11.6 Å². The second-order valence-corrected chi connectivity index (χ2v) is 5.84. The zero-order chi connectivity index (χ0) is 18.1. The van der Waals surface area contributed by atoms with Gasteiger partial charge in [-0.15, -0.1) is 0 Å². The van der Waals surface area contributed by atoms with Crippen molar-refractivity contribution in [1.29, 1.82) is 0 Å². The number of rotatable bonds is 7. The molecule has 0 atom stereocenters. The van der Waals surface area contributed by atoms with E-state index < -0.39 is 17.8 Å². The van der Waals surface area contributed by atoms with Gasteiger partial charge in [-0.3, -0.25) is 14.9 Å². The van der Waals surface area contributed by atoms with Crippen LogP contribution in [-0.4, -0.2) is 31.0 Å². The number of nitrogens with one attached hydrogen (secondary N) is 2. The monoisotopic (exact) mass is 345 g/mol. The number of nitrogens with two attached hydrogens (primary N) is 1. The average Bonchev–Trinajstić information content (AvgIpc) is 2.61. The normalized spacial score (nSPS) is 13.5. The van der Waals surface area contributed by atoms with Crippen LogP contribution in [0.15, 0.2) is 35.9 Å². The molecule has 0 heterocycles. The zero-order valence-corrected chi connectivity index (χ0v) is 14.0. The summed E-state index contributed by atoms with van der Waals surface area (Å²) in [5.41, 5.74) is 6.85. The predicted octanol–water partition coefficient (Wildman–Crippen LogP) is 1.88. The van der Waals surface area contributed by atoms with E-state index in [4.69, 9.17) is 10.5 Å². The fraction of sp³-hybridized carbons (Fsp3) is 0.389. The van der Waals surface area contributed by atoms with E-state index >= 15 is 0 Å². The fourth-order valence-electron chi connectivity index (χ4n) is 2.54. The van der Waals surface area contributed by atoms with E-state index in [2.05, 4.69) is 16.7 Å². The van der Waals surface area contributed by atoms with Crippen molar-refractivity contribution in [2.75, 3.05) is 13.2 Å². The van der Waals surface area contributed by atoms with Gasteiger partial charge in [0.05, 0.1) is 0 Å². The van der Waals surface area contributed by atoms with Crippen molar-refractivity contribution in [3.8, 4) is 5.75 Å². The summed E-state index contributed by atoms with van der Waals surface area (Å²) >= 11 is 0. The first-order valence-electron chi connectivity index (χ1n) is 8.33. The molecule has 0 spiro atoms. The van der Waals surface area contributed by atoms with E-state index in [9.17, 15) is 14.4 Å². The van der Waals surface area contributed by atoms with E-state index in [-0.39, 0.29) is 6.61 Å². The molecule has 1 aliphatic rings. The second kappa shape index (κ2) is 9.46. The van der Waals surface area contributed by atoms with Crippen LogP contribution in [0.3, 0.4) is 0 Å². The Morgan fingerprint density at radius 3 is 2.52 bits per heavy atom. The molecule has 4 amide bonds. The summed E-state index contributed by atoms with van der Waals surface area (Å²) < 4.78 is 5.25. The van der Waals surface area contributed by atoms with Crippen molar-refractivity contribution in [2.24, 2.45) is 5.73 Å². The quantitative estimate of drug-likeness (QED) is 0.655. The Kier molecular flexibility index (Phi) is 7.00. The molecule has 1 aromatic rings. The molecule has 0 radical (unpaired) electrons. The lowest BCUT2D eigenvalue weighted by molar-refractivity contribution is -0.122. The van der Waals surface area contributed by atoms with E-state index in [1.165, 1.54) is 42.7 Å². The molecule has 0 aliphatic heterocycles. The Morgan fingerprint density at radius 2 is 1.88 bits per heavy atom. The summed E-state index contributed by atoms with van der Waals surface area (Å²) in [6.45, 7) is 0.203. The third-order valence-corrected chi connectivity index (χ3v) is 3.88. The molecular formula is C18H23N3O4. The topological polar surface area (TPSA) is 111 Å². The smallest absolute Gasteiger partial charge is 0.321 e. The van der Waals surface area contributed by atoms with Gasteiger partial charge in [0.15, 0.2) is 6.61 Å². The summed E-state index contributed by atoms with van der Waals surface area (Å²) in [4.78, 5) is 34.3. The molecule has 134 valence electrons. The molecule has 2 rings (SSSR count). The molecule has 0 saturated carbocycles. The van der Waals surface area contributed by atoms with E-state index in [0.29, 0.717) is 17.9 Å². The van der Waals surface area contributed by atoms with Gasteiger partial charge in [0.2, 0.25) is 5.91 Å². The highest BCUT2D eigenvalue weighted by molar-refractivity contribution is 5.95. The first-order chi connectivity index (χ1) is 12.0. The molecule has 0 bridgehead atoms. The fourth-order valence-corrected chi connectivity index (χ4v) is 2.54. The van der Waals surface area contributed by atoms with Crippen molar-refractivity contribution >= 4 is 17.8 Å². The maximum Gasteiger partial charge on any atom is 0.321 e. The van der Waals surface area contributed by atoms with Crippen molar-refractivity contribution in [3.63, 3.8) is 0 Å². The summed E-state index contributed by atoms with van der Waals surface area (Å²) in [6.07, 6.45) is 7.67. The molecule has 0 aromatic heterocycles. The summed E-state index contributed by atoms with van der Waals surface area (Å²) in [7, 11) is 0. The molecule has 7 heteroatoms. The van der Waals surface area contributed by atoms with Gasteiger partial charge in [0, 0.05) is 12.1 Å². The van der Waals surface area contributed by atoms with Gasteiger partial charge in [-0.05, 0) is 56.4 Å². The lowest BCUT2D eigenvalue weighted by Gasteiger charge is -2.13. The molecule has 25 heavy (non-hydrogen) atoms. The van der Waals surface area contributed by atoms with E-state index in [1.807, 2.05) is 0 Å². The van der Waals surface area contributed by atoms with Crippen LogP contribution in [0.25, 0.3) is 0 Å². The van der Waals surface area contributed by atoms with Crippen LogP contribution in [0, 0.1) is 0 Å². The predicted molar refractivity (Wildman–Crippen MR) is 93.2 cm³/mol. The highest BCUT2D eigenvalue weighted by Crippen LogP contribution is 2.19. The van der Waals surface area contributed by atoms with Crippen molar-refractivity contribution in [2.45, 2.75) is 32.1 Å². The summed E-state index contributed by atoms with van der Waals surface area (Å²) in [5.74, 6) is -0.678. The lowest BCUT2D eigenvalue weighted by Crippen LogP contribution is -2.42. The first-order valence-corrected chi connectivity index (χ1v) is 8.33. The van der Waals surface area contributed by atoms with Crippen LogP contribution < -0.4 is 21.1 Å². The minimum absolute atomic E-state index is 0.297. The number of benzene rings is 1. The van der Waals surface area contributed by atoms with E-state index in [0.717, 1.165) is 19.3 Å². The van der Waals surface area contributed by atoms with Crippen LogP contribution in [0.5, 0.6) is 5.75 Å². The Bertz CT molecular complexity index is 653. The van der Waals surface area contributed by atoms with Crippen LogP contribution in [0.2, 0.25) is 0 Å². The zero-order valence-electron chi connectivity index (χ0n) is 14.0. The molecule has 0 saturated heterocycles.